The smallest absolute Gasteiger partial charge is 0.0485 e. The summed E-state index contributed by atoms with van der Waals surface area (Å²) in [6, 6.07) is 8.64. The van der Waals surface area contributed by atoms with Gasteiger partial charge in [-0.1, -0.05) is 12.1 Å². The Bertz CT molecular complexity index is 455. The zero-order chi connectivity index (χ0) is 10.1. The van der Waals surface area contributed by atoms with Gasteiger partial charge in [-0.15, -0.1) is 0 Å². The largest absolute Gasteiger partial charge is 0.344 e. The maximum atomic E-state index is 5.60. The Hall–Kier alpha value is -1.28. The van der Waals surface area contributed by atoms with E-state index in [0.29, 0.717) is 6.54 Å². The van der Waals surface area contributed by atoms with E-state index in [1.165, 1.54) is 22.2 Å². The number of benzene rings is 1. The van der Waals surface area contributed by atoms with Crippen molar-refractivity contribution in [3.05, 3.63) is 35.5 Å². The molecular formula is C12H16N2. The molecule has 2 N–H and O–H groups in total. The first-order valence-corrected chi connectivity index (χ1v) is 4.99. The molecule has 0 bridgehead atoms. The van der Waals surface area contributed by atoms with Gasteiger partial charge in [-0.2, -0.15) is 0 Å². The minimum atomic E-state index is 0.693. The molecule has 0 saturated heterocycles. The quantitative estimate of drug-likeness (QED) is 0.769. The molecule has 1 heterocycles. The first kappa shape index (κ1) is 9.28. The Balaban J connectivity index is 2.70. The number of nitrogens with zero attached hydrogens (tertiary/aromatic N) is 1. The van der Waals surface area contributed by atoms with Gasteiger partial charge in [-0.25, -0.2) is 0 Å². The Morgan fingerprint density at radius 3 is 2.79 bits per heavy atom. The van der Waals surface area contributed by atoms with Gasteiger partial charge < -0.3 is 10.3 Å². The highest BCUT2D eigenvalue weighted by Gasteiger charge is 2.05. The van der Waals surface area contributed by atoms with Gasteiger partial charge in [-0.3, -0.25) is 0 Å². The van der Waals surface area contributed by atoms with Crippen molar-refractivity contribution in [2.24, 2.45) is 5.73 Å². The molecule has 2 nitrogen and oxygen atoms in total. The van der Waals surface area contributed by atoms with Gasteiger partial charge in [-0.05, 0) is 31.5 Å². The Morgan fingerprint density at radius 1 is 1.29 bits per heavy atom. The summed E-state index contributed by atoms with van der Waals surface area (Å²) in [4.78, 5) is 0. The van der Waals surface area contributed by atoms with Gasteiger partial charge in [0.05, 0.1) is 0 Å². The second kappa shape index (κ2) is 3.46. The van der Waals surface area contributed by atoms with Crippen molar-refractivity contribution in [1.82, 2.24) is 4.57 Å². The molecule has 2 heteroatoms. The van der Waals surface area contributed by atoms with E-state index in [0.717, 1.165) is 6.54 Å². The number of rotatable bonds is 2. The van der Waals surface area contributed by atoms with Gasteiger partial charge in [0.25, 0.3) is 0 Å². The summed E-state index contributed by atoms with van der Waals surface area (Å²) >= 11 is 0. The van der Waals surface area contributed by atoms with Gasteiger partial charge in [0.1, 0.15) is 0 Å². The van der Waals surface area contributed by atoms with Crippen LogP contribution in [0.5, 0.6) is 0 Å². The average molecular weight is 188 g/mol. The molecular weight excluding hydrogens is 172 g/mol. The fourth-order valence-electron chi connectivity index (χ4n) is 1.99. The van der Waals surface area contributed by atoms with Gasteiger partial charge >= 0.3 is 0 Å². The molecule has 0 aliphatic rings. The highest BCUT2D eigenvalue weighted by atomic mass is 15.0. The van der Waals surface area contributed by atoms with Gasteiger partial charge in [0.2, 0.25) is 0 Å². The zero-order valence-corrected chi connectivity index (χ0v) is 8.75. The minimum absolute atomic E-state index is 0.693. The van der Waals surface area contributed by atoms with Crippen LogP contribution < -0.4 is 5.73 Å². The summed E-state index contributed by atoms with van der Waals surface area (Å²) < 4.78 is 2.28. The Morgan fingerprint density at radius 2 is 2.07 bits per heavy atom. The molecule has 0 amide bonds. The highest BCUT2D eigenvalue weighted by Crippen LogP contribution is 2.22. The fraction of sp³-hybridized carbons (Fsp3) is 0.333. The summed E-state index contributed by atoms with van der Waals surface area (Å²) in [6.45, 7) is 5.88. The Kier molecular flexibility index (Phi) is 2.30. The molecule has 0 fully saturated rings. The van der Waals surface area contributed by atoms with Crippen LogP contribution in [0.3, 0.4) is 0 Å². The predicted octanol–water partition coefficient (Wildman–Crippen LogP) is 2.22. The van der Waals surface area contributed by atoms with Crippen LogP contribution in [0.2, 0.25) is 0 Å². The van der Waals surface area contributed by atoms with Crippen LogP contribution >= 0.6 is 0 Å². The zero-order valence-electron chi connectivity index (χ0n) is 8.75. The molecule has 0 spiro atoms. The van der Waals surface area contributed by atoms with E-state index in [4.69, 9.17) is 5.73 Å². The molecule has 0 radical (unpaired) electrons. The maximum absolute atomic E-state index is 5.60. The molecule has 74 valence electrons. The molecule has 0 aliphatic heterocycles. The van der Waals surface area contributed by atoms with Crippen molar-refractivity contribution in [2.75, 3.05) is 6.54 Å². The second-order valence-electron chi connectivity index (χ2n) is 3.73. The molecule has 2 rings (SSSR count). The standard InChI is InChI=1S/C12H16N2/c1-9-4-3-5-12-11(9)8-10(2)14(12)7-6-13/h3-5,8H,6-7,13H2,1-2H3. The van der Waals surface area contributed by atoms with Crippen LogP contribution in [0.25, 0.3) is 10.9 Å². The lowest BCUT2D eigenvalue weighted by molar-refractivity contribution is 0.715. The van der Waals surface area contributed by atoms with Crippen molar-refractivity contribution in [3.63, 3.8) is 0 Å². The van der Waals surface area contributed by atoms with Crippen LogP contribution in [-0.2, 0) is 6.54 Å². The summed E-state index contributed by atoms with van der Waals surface area (Å²) in [5, 5.41) is 1.35. The minimum Gasteiger partial charge on any atom is -0.344 e. The molecule has 14 heavy (non-hydrogen) atoms. The van der Waals surface area contributed by atoms with E-state index in [2.05, 4.69) is 42.7 Å². The molecule has 1 aromatic carbocycles. The summed E-state index contributed by atoms with van der Waals surface area (Å²) in [7, 11) is 0. The molecule has 0 saturated carbocycles. The summed E-state index contributed by atoms with van der Waals surface area (Å²) in [6.07, 6.45) is 0. The predicted molar refractivity (Wildman–Crippen MR) is 60.5 cm³/mol. The van der Waals surface area contributed by atoms with Crippen molar-refractivity contribution in [1.29, 1.82) is 0 Å². The summed E-state index contributed by atoms with van der Waals surface area (Å²) in [5.74, 6) is 0. The normalized spacial score (nSPS) is 11.1. The lowest BCUT2D eigenvalue weighted by Gasteiger charge is -2.05. The topological polar surface area (TPSA) is 30.9 Å². The van der Waals surface area contributed by atoms with Crippen LogP contribution in [0.15, 0.2) is 24.3 Å². The third-order valence-corrected chi connectivity index (χ3v) is 2.72. The van der Waals surface area contributed by atoms with Gasteiger partial charge in [0, 0.05) is 29.7 Å². The molecule has 0 aliphatic carbocycles. The number of aryl methyl sites for hydroxylation is 2. The fourth-order valence-corrected chi connectivity index (χ4v) is 1.99. The van der Waals surface area contributed by atoms with Gasteiger partial charge in [0.15, 0.2) is 0 Å². The summed E-state index contributed by atoms with van der Waals surface area (Å²) in [5.41, 5.74) is 9.52. The van der Waals surface area contributed by atoms with E-state index < -0.39 is 0 Å². The molecule has 0 unspecified atom stereocenters. The monoisotopic (exact) mass is 188 g/mol. The highest BCUT2D eigenvalue weighted by molar-refractivity contribution is 5.84. The lowest BCUT2D eigenvalue weighted by Crippen LogP contribution is -2.10. The van der Waals surface area contributed by atoms with Crippen LogP contribution in [0.4, 0.5) is 0 Å². The van der Waals surface area contributed by atoms with Crippen molar-refractivity contribution in [3.8, 4) is 0 Å². The maximum Gasteiger partial charge on any atom is 0.0485 e. The first-order chi connectivity index (χ1) is 6.74. The third-order valence-electron chi connectivity index (χ3n) is 2.72. The van der Waals surface area contributed by atoms with E-state index in [-0.39, 0.29) is 0 Å². The van der Waals surface area contributed by atoms with E-state index in [1.54, 1.807) is 0 Å². The van der Waals surface area contributed by atoms with Crippen LogP contribution in [0.1, 0.15) is 11.3 Å². The van der Waals surface area contributed by atoms with E-state index in [9.17, 15) is 0 Å². The van der Waals surface area contributed by atoms with Crippen LogP contribution in [0, 0.1) is 13.8 Å². The van der Waals surface area contributed by atoms with E-state index >= 15 is 0 Å². The van der Waals surface area contributed by atoms with Crippen molar-refractivity contribution in [2.45, 2.75) is 20.4 Å². The lowest BCUT2D eigenvalue weighted by atomic mass is 10.1. The molecule has 1 aromatic heterocycles. The Labute approximate surface area is 84.3 Å². The molecule has 2 aromatic rings. The second-order valence-corrected chi connectivity index (χ2v) is 3.73. The molecule has 0 atom stereocenters. The number of hydrogen-bond donors (Lipinski definition) is 1. The number of fused-ring (bicyclic) bond motifs is 1. The van der Waals surface area contributed by atoms with Crippen molar-refractivity contribution < 1.29 is 0 Å². The SMILES string of the molecule is Cc1cccc2c1cc(C)n2CCN. The number of hydrogen-bond acceptors (Lipinski definition) is 1. The first-order valence-electron chi connectivity index (χ1n) is 4.99. The number of aromatic nitrogens is 1. The van der Waals surface area contributed by atoms with E-state index in [1.807, 2.05) is 0 Å². The number of nitrogens with two attached hydrogens (primary N) is 1. The average Bonchev–Trinajstić information content (AvgIpc) is 2.47. The van der Waals surface area contributed by atoms with Crippen molar-refractivity contribution >= 4 is 10.9 Å². The third kappa shape index (κ3) is 1.32. The van der Waals surface area contributed by atoms with Crippen LogP contribution in [-0.4, -0.2) is 11.1 Å².